The number of hydrogen-bond donors (Lipinski definition) is 1. The molecule has 0 aliphatic carbocycles. The Morgan fingerprint density at radius 1 is 0.867 bits per heavy atom. The van der Waals surface area contributed by atoms with Crippen molar-refractivity contribution in [1.82, 2.24) is 0 Å². The normalized spacial score (nSPS) is 2.73. The van der Waals surface area contributed by atoms with Crippen molar-refractivity contribution in [2.24, 2.45) is 0 Å². The van der Waals surface area contributed by atoms with Crippen LogP contribution < -0.4 is 0 Å². The molecule has 0 saturated heterocycles. The van der Waals surface area contributed by atoms with Gasteiger partial charge in [0.1, 0.15) is 0 Å². The zero-order chi connectivity index (χ0) is 8.99. The van der Waals surface area contributed by atoms with Gasteiger partial charge < -0.3 is 27.0 Å². The minimum Gasteiger partial charge on any atom is 0 e. The summed E-state index contributed by atoms with van der Waals surface area (Å²) in [6, 6.07) is 0. The first-order valence-electron chi connectivity index (χ1n) is 1.74. The Hall–Kier alpha value is 1.25. The first kappa shape index (κ1) is 55.5. The summed E-state index contributed by atoms with van der Waals surface area (Å²) in [5, 5.41) is 7.42. The maximum atomic E-state index is 9.00. The third kappa shape index (κ3) is 1710. The van der Waals surface area contributed by atoms with Gasteiger partial charge in [-0.2, -0.15) is 0 Å². The number of hydrogen-bond acceptors (Lipinski definition) is 5. The second-order valence-corrected chi connectivity index (χ2v) is 2.07. The predicted octanol–water partition coefficient (Wildman–Crippen LogP) is -3.69. The van der Waals surface area contributed by atoms with E-state index >= 15 is 0 Å². The van der Waals surface area contributed by atoms with Gasteiger partial charge in [-0.1, -0.05) is 0 Å². The van der Waals surface area contributed by atoms with E-state index in [0.29, 0.717) is 0 Å². The summed E-state index contributed by atoms with van der Waals surface area (Å²) in [5.74, 6) is -0.833. The summed E-state index contributed by atoms with van der Waals surface area (Å²) in [5.41, 5.74) is 0. The Kier molecular flexibility index (Phi) is 293. The van der Waals surface area contributed by atoms with Crippen LogP contribution in [0.3, 0.4) is 0 Å². The molecule has 0 rings (SSSR count). The standard InChI is InChI=1S/C2H4O2.4H2O.4O.Os.2U/c1-2(3)4;;;;;;;;;;;/h1H3,(H,3,4);4*1H2;;;;;;;. The summed E-state index contributed by atoms with van der Waals surface area (Å²) in [6.07, 6.45) is 0. The fourth-order valence-electron chi connectivity index (χ4n) is 0. The number of carboxylic acid groups (broad SMARTS) is 1. The van der Waals surface area contributed by atoms with Gasteiger partial charge in [-0.3, -0.25) is 4.79 Å². The summed E-state index contributed by atoms with van der Waals surface area (Å²) in [7, 11) is 0. The van der Waals surface area contributed by atoms with Gasteiger partial charge in [-0.25, -0.2) is 0 Å². The molecule has 0 aliphatic rings. The quantitative estimate of drug-likeness (QED) is 0.258. The van der Waals surface area contributed by atoms with E-state index in [-0.39, 0.29) is 41.7 Å². The molecule has 0 aromatic carbocycles. The van der Waals surface area contributed by atoms with Gasteiger partial charge in [0.2, 0.25) is 0 Å². The molecule has 96 valence electrons. The van der Waals surface area contributed by atoms with E-state index < -0.39 is 61.6 Å². The van der Waals surface area contributed by atoms with Gasteiger partial charge in [0.15, 0.2) is 0 Å². The van der Waals surface area contributed by atoms with Crippen molar-refractivity contribution in [3.63, 3.8) is 0 Å². The van der Waals surface area contributed by atoms with Crippen LogP contribution in [0.4, 0.5) is 0 Å². The van der Waals surface area contributed by atoms with Crippen LogP contribution in [0.2, 0.25) is 0 Å². The zero-order valence-corrected chi connectivity index (χ0v) is 18.2. The number of rotatable bonds is 0. The fraction of sp³-hybridized carbons (Fsp3) is 0.500. The van der Waals surface area contributed by atoms with Crippen LogP contribution in [0.15, 0.2) is 0 Å². The second-order valence-electron chi connectivity index (χ2n) is 0.686. The van der Waals surface area contributed by atoms with E-state index in [4.69, 9.17) is 18.8 Å². The van der Waals surface area contributed by atoms with Crippen LogP contribution in [0.1, 0.15) is 6.92 Å². The molecule has 0 fully saturated rings. The topological polar surface area (TPSA) is 232 Å². The average molecular weight is 862 g/mol. The van der Waals surface area contributed by atoms with Crippen LogP contribution in [0, 0.1) is 55.6 Å². The van der Waals surface area contributed by atoms with Crippen molar-refractivity contribution in [3.05, 3.63) is 0 Å². The van der Waals surface area contributed by atoms with Crippen molar-refractivity contribution in [2.75, 3.05) is 0 Å². The van der Waals surface area contributed by atoms with Crippen molar-refractivity contribution < 1.29 is 116 Å². The molecule has 0 saturated carbocycles. The Morgan fingerprint density at radius 3 is 0.867 bits per heavy atom. The molecular formula is C2H12O10OsU2. The molecule has 15 heavy (non-hydrogen) atoms. The summed E-state index contributed by atoms with van der Waals surface area (Å²) < 4.78 is 34.3. The monoisotopic (exact) mass is 864 g/mol. The molecule has 13 heteroatoms. The van der Waals surface area contributed by atoms with E-state index in [9.17, 15) is 0 Å². The average Bonchev–Trinajstić information content (AvgIpc) is 1.65. The maximum Gasteiger partial charge on any atom is 0 e. The van der Waals surface area contributed by atoms with Gasteiger partial charge in [-0.15, -0.1) is 0 Å². The largest absolute Gasteiger partial charge is 0 e. The molecule has 0 spiro atoms. The number of carboxylic acids is 1. The molecule has 0 atom stereocenters. The van der Waals surface area contributed by atoms with E-state index in [0.717, 1.165) is 6.92 Å². The Balaban J connectivity index is -0.00000000707. The molecule has 0 amide bonds. The molecule has 9 N–H and O–H groups in total. The number of aliphatic carboxylic acids is 1. The Bertz CT molecular complexity index is 132. The Morgan fingerprint density at radius 2 is 0.867 bits per heavy atom. The fourth-order valence-corrected chi connectivity index (χ4v) is 0. The third-order valence-corrected chi connectivity index (χ3v) is 0. The predicted molar refractivity (Wildman–Crippen MR) is 30.5 cm³/mol. The van der Waals surface area contributed by atoms with Crippen LogP contribution >= 0.6 is 0 Å². The van der Waals surface area contributed by atoms with Crippen molar-refractivity contribution in [3.8, 4) is 0 Å². The third-order valence-electron chi connectivity index (χ3n) is 0. The SMILES string of the molecule is CC(=O)O.O.O.O.O.[O]=[U]=[O].[O]=[U]=[O].[Os]. The smallest absolute Gasteiger partial charge is 0 e. The minimum absolute atomic E-state index is 0. The van der Waals surface area contributed by atoms with Gasteiger partial charge in [0.25, 0.3) is 5.97 Å². The molecule has 0 aromatic rings. The summed E-state index contributed by atoms with van der Waals surface area (Å²) in [6.45, 7) is 1.08. The first-order chi connectivity index (χ1) is 4.56. The van der Waals surface area contributed by atoms with Crippen molar-refractivity contribution >= 4 is 5.97 Å². The van der Waals surface area contributed by atoms with Crippen molar-refractivity contribution in [1.29, 1.82) is 0 Å². The van der Waals surface area contributed by atoms with Crippen LogP contribution in [0.5, 0.6) is 0 Å². The molecule has 0 aromatic heterocycles. The van der Waals surface area contributed by atoms with Gasteiger partial charge in [0.05, 0.1) is 0 Å². The number of carbonyl (C=O) groups is 1. The molecule has 0 bridgehead atoms. The zero-order valence-electron chi connectivity index (χ0n) is 7.34. The van der Waals surface area contributed by atoms with E-state index in [1.54, 1.807) is 0 Å². The molecule has 0 unspecified atom stereocenters. The minimum atomic E-state index is -2.51. The maximum absolute atomic E-state index is 9.00. The van der Waals surface area contributed by atoms with E-state index in [2.05, 4.69) is 0 Å². The second kappa shape index (κ2) is 79.3. The first-order valence-corrected chi connectivity index (χ1v) is 8.54. The molecular weight excluding hydrogens is 850 g/mol. The molecule has 0 heterocycles. The molecule has 0 radical (unpaired) electrons. The van der Waals surface area contributed by atoms with Gasteiger partial charge in [-0.05, 0) is 0 Å². The Labute approximate surface area is 127 Å². The van der Waals surface area contributed by atoms with Crippen LogP contribution in [0.25, 0.3) is 0 Å². The van der Waals surface area contributed by atoms with E-state index in [1.165, 1.54) is 0 Å². The molecule has 0 aliphatic heterocycles. The van der Waals surface area contributed by atoms with Gasteiger partial charge in [0, 0.05) is 26.7 Å². The molecule has 10 nitrogen and oxygen atoms in total. The van der Waals surface area contributed by atoms with E-state index in [1.807, 2.05) is 0 Å². The van der Waals surface area contributed by atoms with Crippen LogP contribution in [-0.4, -0.2) is 33.0 Å². The summed E-state index contributed by atoms with van der Waals surface area (Å²) >= 11 is -5.01. The summed E-state index contributed by atoms with van der Waals surface area (Å²) in [4.78, 5) is 9.00. The van der Waals surface area contributed by atoms with Crippen LogP contribution in [-0.2, 0) is 33.5 Å². The van der Waals surface area contributed by atoms with Crippen molar-refractivity contribution in [2.45, 2.75) is 6.92 Å². The van der Waals surface area contributed by atoms with Gasteiger partial charge >= 0.3 is 64.6 Å².